The van der Waals surface area contributed by atoms with E-state index in [9.17, 15) is 0 Å². The van der Waals surface area contributed by atoms with Crippen LogP contribution in [-0.4, -0.2) is 18.2 Å². The summed E-state index contributed by atoms with van der Waals surface area (Å²) >= 11 is 3.86. The smallest absolute Gasteiger partial charge is 0.306 e. The van der Waals surface area contributed by atoms with Gasteiger partial charge in [-0.1, -0.05) is 39.0 Å². The number of rotatable bonds is 3. The molecule has 0 heterocycles. The second-order valence-electron chi connectivity index (χ2n) is 4.23. The molecule has 0 nitrogen and oxygen atoms in total. The molecule has 0 amide bonds. The van der Waals surface area contributed by atoms with Gasteiger partial charge in [-0.3, -0.25) is 0 Å². The third-order valence-corrected chi connectivity index (χ3v) is 6.76. The lowest BCUT2D eigenvalue weighted by Crippen LogP contribution is -2.08. The van der Waals surface area contributed by atoms with E-state index < -0.39 is 0 Å². The topological polar surface area (TPSA) is 0 Å². The molecular formula is C9H17BrMg. The van der Waals surface area contributed by atoms with Gasteiger partial charge in [0.1, 0.15) is 0 Å². The zero-order valence-electron chi connectivity index (χ0n) is 7.65. The van der Waals surface area contributed by atoms with Crippen LogP contribution in [0.1, 0.15) is 39.5 Å². The van der Waals surface area contributed by atoms with E-state index in [1.165, 1.54) is 25.7 Å². The largest absolute Gasteiger partial charge is 0.472 e. The summed E-state index contributed by atoms with van der Waals surface area (Å²) in [6.45, 7) is 4.70. The highest BCUT2D eigenvalue weighted by Crippen LogP contribution is 2.40. The van der Waals surface area contributed by atoms with Crippen molar-refractivity contribution in [2.45, 2.75) is 43.6 Å². The van der Waals surface area contributed by atoms with Crippen LogP contribution >= 0.6 is 12.9 Å². The summed E-state index contributed by atoms with van der Waals surface area (Å²) in [7, 11) is 0. The van der Waals surface area contributed by atoms with Crippen molar-refractivity contribution in [1.29, 1.82) is 0 Å². The van der Waals surface area contributed by atoms with Crippen molar-refractivity contribution < 1.29 is 0 Å². The van der Waals surface area contributed by atoms with Gasteiger partial charge in [0.25, 0.3) is 0 Å². The average Bonchev–Trinajstić information content (AvgIpc) is 2.34. The molecule has 1 saturated carbocycles. The molecule has 0 aromatic rings. The third kappa shape index (κ3) is 3.23. The molecule has 62 valence electrons. The Labute approximate surface area is 86.1 Å². The molecule has 0 N–H and O–H groups in total. The number of halogens is 1. The Hall–Kier alpha value is 1.25. The third-order valence-electron chi connectivity index (χ3n) is 2.79. The summed E-state index contributed by atoms with van der Waals surface area (Å²) in [4.78, 5) is 0. The predicted molar refractivity (Wildman–Crippen MR) is 55.2 cm³/mol. The summed E-state index contributed by atoms with van der Waals surface area (Å²) < 4.78 is 1.12. The Morgan fingerprint density at radius 1 is 1.45 bits per heavy atom. The van der Waals surface area contributed by atoms with E-state index in [-0.39, 0.29) is 18.2 Å². The normalized spacial score (nSPS) is 30.9. The summed E-state index contributed by atoms with van der Waals surface area (Å²) in [5.74, 6) is 2.00. The van der Waals surface area contributed by atoms with Crippen molar-refractivity contribution in [2.24, 2.45) is 11.8 Å². The molecule has 0 aromatic carbocycles. The van der Waals surface area contributed by atoms with Gasteiger partial charge < -0.3 is 12.9 Å². The standard InChI is InChI=1S/C9H17.BrH.Mg/c1-8(2)7-9-5-3-4-6-9;;/h5,8-9H,3-4,6-7H2,1-2H3;1H;/q;;+1/p-1. The molecule has 2 heteroatoms. The summed E-state index contributed by atoms with van der Waals surface area (Å²) in [6.07, 6.45) is 6.01. The first-order chi connectivity index (χ1) is 5.24. The highest BCUT2D eigenvalue weighted by molar-refractivity contribution is 9.23. The zero-order chi connectivity index (χ0) is 8.27. The van der Waals surface area contributed by atoms with Crippen LogP contribution in [0.3, 0.4) is 0 Å². The maximum atomic E-state index is 3.75. The van der Waals surface area contributed by atoms with Gasteiger partial charge in [-0.2, -0.15) is 0 Å². The van der Waals surface area contributed by atoms with Crippen molar-refractivity contribution >= 4 is 31.1 Å². The van der Waals surface area contributed by atoms with Gasteiger partial charge in [0, 0.05) is 0 Å². The monoisotopic (exact) mass is 228 g/mol. The van der Waals surface area contributed by atoms with E-state index in [1.807, 2.05) is 0 Å². The fourth-order valence-electron chi connectivity index (χ4n) is 2.23. The molecule has 1 aliphatic rings. The molecule has 11 heavy (non-hydrogen) atoms. The first kappa shape index (κ1) is 10.3. The lowest BCUT2D eigenvalue weighted by molar-refractivity contribution is 0.419. The van der Waals surface area contributed by atoms with Crippen molar-refractivity contribution in [3.63, 3.8) is 0 Å². The molecular weight excluding hydrogens is 212 g/mol. The van der Waals surface area contributed by atoms with Crippen molar-refractivity contribution in [2.75, 3.05) is 0 Å². The number of hydrogen-bond donors (Lipinski definition) is 0. The molecule has 0 spiro atoms. The van der Waals surface area contributed by atoms with Gasteiger partial charge in [-0.05, 0) is 12.3 Å². The van der Waals surface area contributed by atoms with Crippen LogP contribution < -0.4 is 0 Å². The zero-order valence-corrected chi connectivity index (χ0v) is 10.6. The van der Waals surface area contributed by atoms with E-state index >= 15 is 0 Å². The second kappa shape index (κ2) is 5.08. The van der Waals surface area contributed by atoms with E-state index in [1.54, 1.807) is 0 Å². The highest BCUT2D eigenvalue weighted by atomic mass is 79.9. The first-order valence-corrected chi connectivity index (χ1v) is 9.51. The maximum absolute atomic E-state index is 3.75. The van der Waals surface area contributed by atoms with Gasteiger partial charge in [0.15, 0.2) is 0 Å². The van der Waals surface area contributed by atoms with Crippen LogP contribution in [0.15, 0.2) is 0 Å². The quantitative estimate of drug-likeness (QED) is 0.648. The molecule has 0 radical (unpaired) electrons. The minimum atomic E-state index is 0.113. The van der Waals surface area contributed by atoms with Gasteiger partial charge in [-0.15, -0.1) is 4.05 Å². The molecule has 0 aliphatic heterocycles. The lowest BCUT2D eigenvalue weighted by atomic mass is 9.95. The average molecular weight is 229 g/mol. The Bertz CT molecular complexity index is 114. The number of hydrogen-bond acceptors (Lipinski definition) is 0. The van der Waals surface area contributed by atoms with Gasteiger partial charge in [0.2, 0.25) is 0 Å². The second-order valence-corrected chi connectivity index (χ2v) is 7.53. The summed E-state index contributed by atoms with van der Waals surface area (Å²) in [5.41, 5.74) is 0. The van der Waals surface area contributed by atoms with E-state index in [4.69, 9.17) is 0 Å². The Kier molecular flexibility index (Phi) is 4.77. The molecule has 1 rings (SSSR count). The molecule has 0 aromatic heterocycles. The van der Waals surface area contributed by atoms with E-state index in [0.717, 1.165) is 15.9 Å². The lowest BCUT2D eigenvalue weighted by Gasteiger charge is -2.18. The molecule has 2 unspecified atom stereocenters. The van der Waals surface area contributed by atoms with Gasteiger partial charge >= 0.3 is 18.2 Å². The van der Waals surface area contributed by atoms with Crippen LogP contribution in [0.2, 0.25) is 4.05 Å². The Morgan fingerprint density at radius 3 is 2.73 bits per heavy atom. The van der Waals surface area contributed by atoms with Crippen LogP contribution in [0.4, 0.5) is 0 Å². The van der Waals surface area contributed by atoms with Crippen molar-refractivity contribution in [1.82, 2.24) is 0 Å². The molecule has 0 saturated heterocycles. The van der Waals surface area contributed by atoms with Gasteiger partial charge in [0.05, 0.1) is 0 Å². The summed E-state index contributed by atoms with van der Waals surface area (Å²) in [6, 6.07) is 0. The van der Waals surface area contributed by atoms with Crippen LogP contribution in [0, 0.1) is 11.8 Å². The SMILES string of the molecule is CC(C)CC1CCC[CH]1[Mg][Br]. The molecule has 1 fully saturated rings. The van der Waals surface area contributed by atoms with Crippen LogP contribution in [-0.2, 0) is 0 Å². The first-order valence-electron chi connectivity index (χ1n) is 4.80. The predicted octanol–water partition coefficient (Wildman–Crippen LogP) is 3.64. The Morgan fingerprint density at radius 2 is 2.18 bits per heavy atom. The highest BCUT2D eigenvalue weighted by Gasteiger charge is 2.27. The van der Waals surface area contributed by atoms with E-state index in [2.05, 4.69) is 26.7 Å². The maximum Gasteiger partial charge on any atom is 0.472 e. The molecule has 1 aliphatic carbocycles. The fraction of sp³-hybridized carbons (Fsp3) is 1.00. The minimum Gasteiger partial charge on any atom is -0.306 e. The van der Waals surface area contributed by atoms with Gasteiger partial charge in [-0.25, -0.2) is 0 Å². The summed E-state index contributed by atoms with van der Waals surface area (Å²) in [5, 5.41) is 0. The van der Waals surface area contributed by atoms with Crippen LogP contribution in [0.25, 0.3) is 0 Å². The van der Waals surface area contributed by atoms with E-state index in [0.29, 0.717) is 0 Å². The minimum absolute atomic E-state index is 0.113. The Balaban J connectivity index is 2.31. The molecule has 2 atom stereocenters. The van der Waals surface area contributed by atoms with Crippen molar-refractivity contribution in [3.8, 4) is 0 Å². The van der Waals surface area contributed by atoms with Crippen molar-refractivity contribution in [3.05, 3.63) is 0 Å². The van der Waals surface area contributed by atoms with Crippen LogP contribution in [0.5, 0.6) is 0 Å². The fourth-order valence-corrected chi connectivity index (χ4v) is 5.91. The molecule has 0 bridgehead atoms.